The van der Waals surface area contributed by atoms with Gasteiger partial charge in [-0.2, -0.15) is 0 Å². The number of halogens is 1. The van der Waals surface area contributed by atoms with Gasteiger partial charge in [-0.25, -0.2) is 9.18 Å². The molecule has 1 saturated heterocycles. The lowest BCUT2D eigenvalue weighted by atomic mass is 10.1. The number of nitrogens with zero attached hydrogens (tertiary/aromatic N) is 1. The van der Waals surface area contributed by atoms with Crippen LogP contribution in [0.3, 0.4) is 0 Å². The Morgan fingerprint density at radius 1 is 1.26 bits per heavy atom. The highest BCUT2D eigenvalue weighted by Crippen LogP contribution is 2.20. The number of H-pyrrole nitrogens is 1. The van der Waals surface area contributed by atoms with E-state index in [4.69, 9.17) is 9.47 Å². The van der Waals surface area contributed by atoms with Crippen LogP contribution in [0.15, 0.2) is 53.3 Å². The average Bonchev–Trinajstić information content (AvgIpc) is 3.28. The van der Waals surface area contributed by atoms with Crippen molar-refractivity contribution in [3.05, 3.63) is 70.3 Å². The summed E-state index contributed by atoms with van der Waals surface area (Å²) in [6.07, 6.45) is 1.72. The van der Waals surface area contributed by atoms with Crippen molar-refractivity contribution in [2.75, 3.05) is 25.6 Å². The van der Waals surface area contributed by atoms with Gasteiger partial charge in [0.25, 0.3) is 5.56 Å². The van der Waals surface area contributed by atoms with Crippen molar-refractivity contribution in [3.8, 4) is 5.75 Å². The Bertz CT molecular complexity index is 1120. The summed E-state index contributed by atoms with van der Waals surface area (Å²) in [6.45, 7) is 1.13. The van der Waals surface area contributed by atoms with Gasteiger partial charge in [0.2, 0.25) is 0 Å². The second-order valence-corrected chi connectivity index (χ2v) is 7.53. The molecule has 0 aliphatic carbocycles. The van der Waals surface area contributed by atoms with Gasteiger partial charge in [-0.15, -0.1) is 0 Å². The lowest BCUT2D eigenvalue weighted by Crippen LogP contribution is -2.40. The summed E-state index contributed by atoms with van der Waals surface area (Å²) in [5, 5.41) is 3.61. The van der Waals surface area contributed by atoms with Crippen molar-refractivity contribution in [2.24, 2.45) is 0 Å². The van der Waals surface area contributed by atoms with E-state index in [2.05, 4.69) is 10.3 Å². The Hall–Kier alpha value is -3.39. The molecule has 1 atom stereocenters. The minimum absolute atomic E-state index is 0.0808. The zero-order valence-electron chi connectivity index (χ0n) is 17.2. The number of benzene rings is 2. The first-order valence-corrected chi connectivity index (χ1v) is 10.1. The largest absolute Gasteiger partial charge is 0.497 e. The fourth-order valence-electron chi connectivity index (χ4n) is 3.66. The Kier molecular flexibility index (Phi) is 6.18. The standard InChI is InChI=1S/C23H24FN3O4/c1-30-19-9-4-15-11-16(22(28)26-21(15)12-19)13-27(14-20-3-2-10-31-20)23(29)25-18-7-5-17(24)6-8-18/h4-9,11-12,20H,2-3,10,13-14H2,1H3,(H,25,29)(H,26,28). The van der Waals surface area contributed by atoms with Gasteiger partial charge < -0.3 is 24.7 Å². The van der Waals surface area contributed by atoms with Crippen LogP contribution in [0.4, 0.5) is 14.9 Å². The minimum Gasteiger partial charge on any atom is -0.497 e. The molecular weight excluding hydrogens is 401 g/mol. The number of carbonyl (C=O) groups is 1. The molecule has 1 fully saturated rings. The molecule has 2 amide bonds. The summed E-state index contributed by atoms with van der Waals surface area (Å²) in [5.41, 5.74) is 1.33. The van der Waals surface area contributed by atoms with Crippen LogP contribution in [0.25, 0.3) is 10.9 Å². The zero-order chi connectivity index (χ0) is 21.8. The minimum atomic E-state index is -0.381. The van der Waals surface area contributed by atoms with Gasteiger partial charge in [0, 0.05) is 30.5 Å². The van der Waals surface area contributed by atoms with Crippen molar-refractivity contribution < 1.29 is 18.7 Å². The Balaban J connectivity index is 1.58. The first-order chi connectivity index (χ1) is 15.0. The van der Waals surface area contributed by atoms with Crippen LogP contribution in [0.5, 0.6) is 5.75 Å². The van der Waals surface area contributed by atoms with Crippen molar-refractivity contribution in [1.82, 2.24) is 9.88 Å². The number of amides is 2. The number of nitrogens with one attached hydrogen (secondary N) is 2. The van der Waals surface area contributed by atoms with Gasteiger partial charge in [-0.05, 0) is 60.7 Å². The molecule has 0 saturated carbocycles. The lowest BCUT2D eigenvalue weighted by molar-refractivity contribution is 0.0818. The molecule has 2 heterocycles. The SMILES string of the molecule is COc1ccc2cc(CN(CC3CCCO3)C(=O)Nc3ccc(F)cc3)c(=O)[nH]c2c1. The van der Waals surface area contributed by atoms with Crippen LogP contribution in [-0.4, -0.2) is 42.3 Å². The van der Waals surface area contributed by atoms with Gasteiger partial charge in [0.1, 0.15) is 11.6 Å². The lowest BCUT2D eigenvalue weighted by Gasteiger charge is -2.25. The number of carbonyl (C=O) groups excluding carboxylic acids is 1. The van der Waals surface area contributed by atoms with E-state index < -0.39 is 0 Å². The molecule has 31 heavy (non-hydrogen) atoms. The normalized spacial score (nSPS) is 15.7. The number of hydrogen-bond donors (Lipinski definition) is 2. The molecule has 7 nitrogen and oxygen atoms in total. The molecule has 0 bridgehead atoms. The van der Waals surface area contributed by atoms with Crippen LogP contribution in [0.1, 0.15) is 18.4 Å². The van der Waals surface area contributed by atoms with E-state index in [-0.39, 0.29) is 30.1 Å². The molecule has 1 unspecified atom stereocenters. The van der Waals surface area contributed by atoms with Gasteiger partial charge >= 0.3 is 6.03 Å². The fraction of sp³-hybridized carbons (Fsp3) is 0.304. The first kappa shape index (κ1) is 20.9. The molecule has 4 rings (SSSR count). The topological polar surface area (TPSA) is 83.7 Å². The van der Waals surface area contributed by atoms with E-state index in [0.717, 1.165) is 18.2 Å². The van der Waals surface area contributed by atoms with Crippen molar-refractivity contribution in [3.63, 3.8) is 0 Å². The van der Waals surface area contributed by atoms with Crippen molar-refractivity contribution in [1.29, 1.82) is 0 Å². The summed E-state index contributed by atoms with van der Waals surface area (Å²) in [7, 11) is 1.57. The van der Waals surface area contributed by atoms with Crippen LogP contribution in [0.2, 0.25) is 0 Å². The van der Waals surface area contributed by atoms with Gasteiger partial charge in [-0.3, -0.25) is 4.79 Å². The molecule has 2 N–H and O–H groups in total. The highest BCUT2D eigenvalue weighted by Gasteiger charge is 2.24. The summed E-state index contributed by atoms with van der Waals surface area (Å²) in [5.74, 6) is 0.267. The van der Waals surface area contributed by atoms with Gasteiger partial charge in [0.15, 0.2) is 0 Å². The van der Waals surface area contributed by atoms with E-state index in [1.165, 1.54) is 24.3 Å². The van der Waals surface area contributed by atoms with Crippen LogP contribution >= 0.6 is 0 Å². The molecule has 1 aliphatic heterocycles. The molecular formula is C23H24FN3O4. The predicted octanol–water partition coefficient (Wildman–Crippen LogP) is 3.89. The number of pyridine rings is 1. The van der Waals surface area contributed by atoms with Crippen LogP contribution < -0.4 is 15.6 Å². The third-order valence-electron chi connectivity index (χ3n) is 5.32. The third kappa shape index (κ3) is 5.03. The fourth-order valence-corrected chi connectivity index (χ4v) is 3.66. The molecule has 1 aromatic heterocycles. The maximum Gasteiger partial charge on any atom is 0.322 e. The third-order valence-corrected chi connectivity index (χ3v) is 5.32. The smallest absolute Gasteiger partial charge is 0.322 e. The van der Waals surface area contributed by atoms with Crippen LogP contribution in [-0.2, 0) is 11.3 Å². The van der Waals surface area contributed by atoms with Crippen LogP contribution in [0, 0.1) is 5.82 Å². The summed E-state index contributed by atoms with van der Waals surface area (Å²) in [6, 6.07) is 12.4. The molecule has 3 aromatic rings. The second kappa shape index (κ2) is 9.18. The Labute approximate surface area is 178 Å². The number of urea groups is 1. The molecule has 8 heteroatoms. The van der Waals surface area contributed by atoms with E-state index >= 15 is 0 Å². The zero-order valence-corrected chi connectivity index (χ0v) is 17.2. The van der Waals surface area contributed by atoms with Crippen molar-refractivity contribution in [2.45, 2.75) is 25.5 Å². The number of aromatic nitrogens is 1. The molecule has 0 spiro atoms. The number of anilines is 1. The molecule has 0 radical (unpaired) electrons. The highest BCUT2D eigenvalue weighted by molar-refractivity contribution is 5.89. The number of ether oxygens (including phenoxy) is 2. The number of methoxy groups -OCH3 is 1. The number of fused-ring (bicyclic) bond motifs is 1. The predicted molar refractivity (Wildman–Crippen MR) is 116 cm³/mol. The Morgan fingerprint density at radius 2 is 2.06 bits per heavy atom. The second-order valence-electron chi connectivity index (χ2n) is 7.53. The average molecular weight is 425 g/mol. The number of aromatic amines is 1. The number of hydrogen-bond acceptors (Lipinski definition) is 4. The quantitative estimate of drug-likeness (QED) is 0.628. The Morgan fingerprint density at radius 3 is 2.77 bits per heavy atom. The number of rotatable bonds is 6. The molecule has 162 valence electrons. The van der Waals surface area contributed by atoms with Crippen molar-refractivity contribution >= 4 is 22.6 Å². The monoisotopic (exact) mass is 425 g/mol. The summed E-state index contributed by atoms with van der Waals surface area (Å²) >= 11 is 0. The van der Waals surface area contributed by atoms with E-state index in [1.54, 1.807) is 24.1 Å². The van der Waals surface area contributed by atoms with Gasteiger partial charge in [0.05, 0.1) is 25.3 Å². The highest BCUT2D eigenvalue weighted by atomic mass is 19.1. The van der Waals surface area contributed by atoms with E-state index in [0.29, 0.717) is 35.7 Å². The van der Waals surface area contributed by atoms with E-state index in [1.807, 2.05) is 12.1 Å². The molecule has 1 aliphatic rings. The maximum atomic E-state index is 13.2. The first-order valence-electron chi connectivity index (χ1n) is 10.1. The maximum absolute atomic E-state index is 13.2. The molecule has 2 aromatic carbocycles. The van der Waals surface area contributed by atoms with Gasteiger partial charge in [-0.1, -0.05) is 0 Å². The summed E-state index contributed by atoms with van der Waals surface area (Å²) < 4.78 is 24.1. The van der Waals surface area contributed by atoms with E-state index in [9.17, 15) is 14.0 Å². The summed E-state index contributed by atoms with van der Waals surface area (Å²) in [4.78, 5) is 30.1.